The molecule has 2 saturated carbocycles. The number of rotatable bonds is 1. The quantitative estimate of drug-likeness (QED) is 0.672. The van der Waals surface area contributed by atoms with Gasteiger partial charge >= 0.3 is 0 Å². The summed E-state index contributed by atoms with van der Waals surface area (Å²) in [7, 11) is 0. The Morgan fingerprint density at radius 2 is 1.56 bits per heavy atom. The van der Waals surface area contributed by atoms with Gasteiger partial charge < -0.3 is 15.3 Å². The molecule has 0 saturated heterocycles. The summed E-state index contributed by atoms with van der Waals surface area (Å²) in [6.45, 7) is 7.98. The first-order chi connectivity index (χ1) is 8.17. The number of hydrogen-bond donors (Lipinski definition) is 3. The van der Waals surface area contributed by atoms with Crippen molar-refractivity contribution in [3.8, 4) is 0 Å². The topological polar surface area (TPSA) is 60.7 Å². The molecule has 0 aromatic carbocycles. The lowest BCUT2D eigenvalue weighted by Crippen LogP contribution is -2.60. The number of hydrogen-bond acceptors (Lipinski definition) is 3. The number of fused-ring (bicyclic) bond motifs is 1. The highest BCUT2D eigenvalue weighted by molar-refractivity contribution is 5.05. The Hall–Kier alpha value is -0.120. The van der Waals surface area contributed by atoms with Gasteiger partial charge in [0.05, 0.1) is 17.3 Å². The molecule has 3 heteroatoms. The van der Waals surface area contributed by atoms with Gasteiger partial charge in [0.1, 0.15) is 0 Å². The smallest absolute Gasteiger partial charge is 0.0880 e. The van der Waals surface area contributed by atoms with Crippen molar-refractivity contribution in [3.63, 3.8) is 0 Å². The van der Waals surface area contributed by atoms with Crippen molar-refractivity contribution in [2.24, 2.45) is 23.7 Å². The fourth-order valence-electron chi connectivity index (χ4n) is 4.30. The lowest BCUT2D eigenvalue weighted by atomic mass is 9.54. The van der Waals surface area contributed by atoms with Crippen LogP contribution in [-0.4, -0.2) is 32.6 Å². The van der Waals surface area contributed by atoms with E-state index in [1.54, 1.807) is 6.92 Å². The van der Waals surface area contributed by atoms with Crippen LogP contribution in [0.1, 0.15) is 53.4 Å². The van der Waals surface area contributed by atoms with Crippen LogP contribution in [0.15, 0.2) is 0 Å². The minimum atomic E-state index is -0.998. The average molecular weight is 256 g/mol. The molecule has 0 spiro atoms. The fourth-order valence-corrected chi connectivity index (χ4v) is 4.30. The second-order valence-corrected chi connectivity index (χ2v) is 7.33. The minimum Gasteiger partial charge on any atom is -0.390 e. The summed E-state index contributed by atoms with van der Waals surface area (Å²) in [5.41, 5.74) is -1.69. The number of aliphatic hydroxyl groups excluding tert-OH is 1. The molecule has 0 radical (unpaired) electrons. The molecule has 2 rings (SSSR count). The molecule has 3 nitrogen and oxygen atoms in total. The molecule has 6 atom stereocenters. The van der Waals surface area contributed by atoms with Crippen molar-refractivity contribution >= 4 is 0 Å². The Morgan fingerprint density at radius 1 is 1.00 bits per heavy atom. The zero-order valence-corrected chi connectivity index (χ0v) is 12.1. The lowest BCUT2D eigenvalue weighted by Gasteiger charge is -2.55. The van der Waals surface area contributed by atoms with E-state index in [1.165, 1.54) is 0 Å². The maximum Gasteiger partial charge on any atom is 0.0880 e. The van der Waals surface area contributed by atoms with Crippen LogP contribution in [0.5, 0.6) is 0 Å². The van der Waals surface area contributed by atoms with E-state index in [2.05, 4.69) is 13.8 Å². The van der Waals surface area contributed by atoms with Crippen molar-refractivity contribution < 1.29 is 15.3 Å². The van der Waals surface area contributed by atoms with E-state index in [0.29, 0.717) is 18.3 Å². The molecular weight excluding hydrogens is 228 g/mol. The summed E-state index contributed by atoms with van der Waals surface area (Å²) in [6, 6.07) is 0. The van der Waals surface area contributed by atoms with Gasteiger partial charge in [-0.3, -0.25) is 0 Å². The first-order valence-corrected chi connectivity index (χ1v) is 7.29. The van der Waals surface area contributed by atoms with Gasteiger partial charge in [-0.25, -0.2) is 0 Å². The van der Waals surface area contributed by atoms with Gasteiger partial charge in [-0.2, -0.15) is 0 Å². The fraction of sp³-hybridized carbons (Fsp3) is 1.00. The molecule has 3 unspecified atom stereocenters. The van der Waals surface area contributed by atoms with Crippen molar-refractivity contribution in [2.45, 2.75) is 70.7 Å². The molecule has 0 aromatic rings. The second-order valence-electron chi connectivity index (χ2n) is 7.33. The molecule has 0 aliphatic heterocycles. The first kappa shape index (κ1) is 14.3. The van der Waals surface area contributed by atoms with Crippen LogP contribution in [-0.2, 0) is 0 Å². The minimum absolute atomic E-state index is 0.0255. The molecule has 106 valence electrons. The van der Waals surface area contributed by atoms with Crippen molar-refractivity contribution in [1.29, 1.82) is 0 Å². The monoisotopic (exact) mass is 256 g/mol. The molecule has 18 heavy (non-hydrogen) atoms. The highest BCUT2D eigenvalue weighted by Crippen LogP contribution is 2.52. The van der Waals surface area contributed by atoms with Crippen LogP contribution in [0, 0.1) is 23.7 Å². The van der Waals surface area contributed by atoms with E-state index in [4.69, 9.17) is 0 Å². The van der Waals surface area contributed by atoms with Crippen LogP contribution in [0.3, 0.4) is 0 Å². The summed E-state index contributed by atoms with van der Waals surface area (Å²) in [4.78, 5) is 0. The van der Waals surface area contributed by atoms with Gasteiger partial charge in [-0.15, -0.1) is 0 Å². The third-order valence-corrected chi connectivity index (χ3v) is 5.56. The van der Waals surface area contributed by atoms with Crippen molar-refractivity contribution in [1.82, 2.24) is 0 Å². The maximum absolute atomic E-state index is 10.6. The molecule has 0 bridgehead atoms. The van der Waals surface area contributed by atoms with Gasteiger partial charge in [-0.05, 0) is 63.2 Å². The van der Waals surface area contributed by atoms with Crippen LogP contribution in [0.25, 0.3) is 0 Å². The van der Waals surface area contributed by atoms with Crippen molar-refractivity contribution in [2.75, 3.05) is 0 Å². The van der Waals surface area contributed by atoms with Gasteiger partial charge in [0.25, 0.3) is 0 Å². The van der Waals surface area contributed by atoms with Crippen LogP contribution in [0.2, 0.25) is 0 Å². The third kappa shape index (κ3) is 2.21. The lowest BCUT2D eigenvalue weighted by molar-refractivity contribution is -0.201. The number of aliphatic hydroxyl groups is 3. The standard InChI is InChI=1S/C15H28O3/c1-9(2)10-5-7-14(3,17)11-6-8-15(4,18)13(16)12(10)11/h9-13,16-18H,5-8H2,1-4H3/t10?,11?,12?,13-,14-,15-/m0/s1. The highest BCUT2D eigenvalue weighted by Gasteiger charge is 2.55. The van der Waals surface area contributed by atoms with E-state index in [0.717, 1.165) is 19.3 Å². The maximum atomic E-state index is 10.6. The van der Waals surface area contributed by atoms with E-state index < -0.39 is 17.3 Å². The predicted octanol–water partition coefficient (Wildman–Crippen LogP) is 1.94. The first-order valence-electron chi connectivity index (χ1n) is 7.29. The summed E-state index contributed by atoms with van der Waals surface area (Å²) < 4.78 is 0. The predicted molar refractivity (Wildman–Crippen MR) is 71.0 cm³/mol. The Kier molecular flexibility index (Phi) is 3.54. The van der Waals surface area contributed by atoms with Gasteiger partial charge in [0.15, 0.2) is 0 Å². The summed E-state index contributed by atoms with van der Waals surface area (Å²) in [6.07, 6.45) is 2.43. The van der Waals surface area contributed by atoms with Gasteiger partial charge in [0.2, 0.25) is 0 Å². The largest absolute Gasteiger partial charge is 0.390 e. The van der Waals surface area contributed by atoms with Crippen LogP contribution in [0.4, 0.5) is 0 Å². The van der Waals surface area contributed by atoms with Crippen LogP contribution >= 0.6 is 0 Å². The molecule has 0 amide bonds. The van der Waals surface area contributed by atoms with E-state index in [1.807, 2.05) is 6.92 Å². The van der Waals surface area contributed by atoms with Crippen molar-refractivity contribution in [3.05, 3.63) is 0 Å². The Bertz CT molecular complexity index is 307. The SMILES string of the molecule is CC(C)C1CC[C@](C)(O)C2CC[C@](C)(O)[C@@H](O)C12. The molecule has 3 N–H and O–H groups in total. The Labute approximate surface area is 110 Å². The zero-order valence-electron chi connectivity index (χ0n) is 12.1. The summed E-state index contributed by atoms with van der Waals surface area (Å²) in [5.74, 6) is 1.03. The Balaban J connectivity index is 2.32. The summed E-state index contributed by atoms with van der Waals surface area (Å²) >= 11 is 0. The molecular formula is C15H28O3. The second kappa shape index (κ2) is 4.46. The molecule has 2 aliphatic rings. The van der Waals surface area contributed by atoms with E-state index in [9.17, 15) is 15.3 Å². The van der Waals surface area contributed by atoms with E-state index >= 15 is 0 Å². The zero-order chi connectivity index (χ0) is 13.7. The van der Waals surface area contributed by atoms with Crippen LogP contribution < -0.4 is 0 Å². The molecule has 2 fully saturated rings. The molecule has 0 aromatic heterocycles. The third-order valence-electron chi connectivity index (χ3n) is 5.56. The van der Waals surface area contributed by atoms with Gasteiger partial charge in [-0.1, -0.05) is 13.8 Å². The average Bonchev–Trinajstić information content (AvgIpc) is 2.23. The molecule has 2 aliphatic carbocycles. The van der Waals surface area contributed by atoms with E-state index in [-0.39, 0.29) is 11.8 Å². The highest BCUT2D eigenvalue weighted by atomic mass is 16.3. The summed E-state index contributed by atoms with van der Waals surface area (Å²) in [5, 5.41) is 31.4. The molecule has 0 heterocycles. The Morgan fingerprint density at radius 3 is 2.11 bits per heavy atom. The van der Waals surface area contributed by atoms with Gasteiger partial charge in [0, 0.05) is 0 Å². The normalized spacial score (nSPS) is 53.3.